The van der Waals surface area contributed by atoms with Crippen LogP contribution >= 0.6 is 24.2 Å². The Hall–Kier alpha value is -1.57. The summed E-state index contributed by atoms with van der Waals surface area (Å²) in [5.41, 5.74) is 6.71. The lowest BCUT2D eigenvalue weighted by atomic mass is 9.77. The number of carbonyl (C=O) groups excluding carboxylic acids is 1. The van der Waals surface area contributed by atoms with Gasteiger partial charge in [-0.3, -0.25) is 4.79 Å². The van der Waals surface area contributed by atoms with Crippen molar-refractivity contribution in [3.8, 4) is 11.5 Å². The van der Waals surface area contributed by atoms with E-state index in [0.29, 0.717) is 17.5 Å². The summed E-state index contributed by atoms with van der Waals surface area (Å²) in [6, 6.07) is 7.83. The highest BCUT2D eigenvalue weighted by Crippen LogP contribution is 2.38. The van der Waals surface area contributed by atoms with Crippen LogP contribution in [0.1, 0.15) is 37.9 Å². The van der Waals surface area contributed by atoms with Gasteiger partial charge in [0.15, 0.2) is 5.82 Å². The summed E-state index contributed by atoms with van der Waals surface area (Å²) in [6.45, 7) is 1.76. The second-order valence-electron chi connectivity index (χ2n) is 6.81. The van der Waals surface area contributed by atoms with E-state index in [4.69, 9.17) is 10.3 Å². The van der Waals surface area contributed by atoms with Crippen LogP contribution < -0.4 is 5.73 Å². The molecule has 1 aromatic heterocycles. The number of hydrogen-bond acceptors (Lipinski definition) is 6. The fraction of sp³-hybridized carbons (Fsp3) is 0.500. The Bertz CT molecular complexity index is 772. The molecule has 1 aliphatic carbocycles. The second kappa shape index (κ2) is 7.98. The zero-order valence-corrected chi connectivity index (χ0v) is 16.2. The Morgan fingerprint density at radius 3 is 2.65 bits per heavy atom. The first-order valence-electron chi connectivity index (χ1n) is 8.79. The van der Waals surface area contributed by atoms with Gasteiger partial charge in [-0.25, -0.2) is 0 Å². The maximum atomic E-state index is 12.3. The largest absolute Gasteiger partial charge is 0.342 e. The molecule has 2 aliphatic rings. The van der Waals surface area contributed by atoms with E-state index in [1.807, 2.05) is 29.2 Å². The van der Waals surface area contributed by atoms with Crippen molar-refractivity contribution in [3.05, 3.63) is 30.1 Å². The van der Waals surface area contributed by atoms with Crippen LogP contribution in [0.15, 0.2) is 33.7 Å². The Morgan fingerprint density at radius 2 is 1.96 bits per heavy atom. The van der Waals surface area contributed by atoms with Crippen molar-refractivity contribution < 1.29 is 9.32 Å². The number of nitrogens with zero attached hydrogens (tertiary/aromatic N) is 3. The lowest BCUT2D eigenvalue weighted by molar-refractivity contribution is -0.127. The van der Waals surface area contributed by atoms with Crippen LogP contribution in [-0.4, -0.2) is 39.8 Å². The van der Waals surface area contributed by atoms with Crippen molar-refractivity contribution in [2.24, 2.45) is 5.73 Å². The van der Waals surface area contributed by atoms with Gasteiger partial charge in [0, 0.05) is 18.0 Å². The summed E-state index contributed by atoms with van der Waals surface area (Å²) in [5, 5.41) is 4.09. The average molecular weight is 395 g/mol. The third-order valence-corrected chi connectivity index (χ3v) is 6.10. The Morgan fingerprint density at radius 1 is 1.23 bits per heavy atom. The molecule has 8 heteroatoms. The quantitative estimate of drug-likeness (QED) is 0.783. The van der Waals surface area contributed by atoms with E-state index in [9.17, 15) is 4.79 Å². The smallest absolute Gasteiger partial charge is 0.259 e. The standard InChI is InChI=1S/C18H22N4O2S.ClH/c19-18(8-5-9-18)17-20-16(24-21-17)13-6-1-2-7-14(13)25-12-15(23)22-10-3-4-11-22;/h1-2,6-7H,3-5,8-12,19H2;1H. The monoisotopic (exact) mass is 394 g/mol. The third kappa shape index (κ3) is 3.75. The number of aromatic nitrogens is 2. The highest BCUT2D eigenvalue weighted by molar-refractivity contribution is 8.00. The molecule has 26 heavy (non-hydrogen) atoms. The molecule has 0 atom stereocenters. The van der Waals surface area contributed by atoms with Crippen LogP contribution in [0.4, 0.5) is 0 Å². The molecule has 2 N–H and O–H groups in total. The lowest BCUT2D eigenvalue weighted by Gasteiger charge is -2.34. The molecule has 1 saturated heterocycles. The first-order chi connectivity index (χ1) is 12.2. The zero-order chi connectivity index (χ0) is 17.3. The number of likely N-dealkylation sites (tertiary alicyclic amines) is 1. The van der Waals surface area contributed by atoms with Crippen molar-refractivity contribution in [1.29, 1.82) is 0 Å². The molecule has 1 amide bonds. The molecule has 4 rings (SSSR count). The van der Waals surface area contributed by atoms with Gasteiger partial charge in [0.25, 0.3) is 5.89 Å². The lowest BCUT2D eigenvalue weighted by Crippen LogP contribution is -2.44. The Balaban J connectivity index is 0.00000196. The molecular formula is C18H23ClN4O2S. The van der Waals surface area contributed by atoms with E-state index in [2.05, 4.69) is 10.1 Å². The van der Waals surface area contributed by atoms with E-state index in [0.717, 1.165) is 55.7 Å². The van der Waals surface area contributed by atoms with E-state index in [1.54, 1.807) is 0 Å². The highest BCUT2D eigenvalue weighted by atomic mass is 35.5. The number of rotatable bonds is 5. The van der Waals surface area contributed by atoms with Crippen LogP contribution in [-0.2, 0) is 10.3 Å². The van der Waals surface area contributed by atoms with Crippen LogP contribution in [0.2, 0.25) is 0 Å². The fourth-order valence-corrected chi connectivity index (χ4v) is 4.23. The molecule has 2 aromatic rings. The molecule has 0 spiro atoms. The number of amides is 1. The van der Waals surface area contributed by atoms with Crippen molar-refractivity contribution >= 4 is 30.1 Å². The Labute approximate surface area is 163 Å². The summed E-state index contributed by atoms with van der Waals surface area (Å²) in [6.07, 6.45) is 5.11. The third-order valence-electron chi connectivity index (χ3n) is 5.04. The van der Waals surface area contributed by atoms with E-state index < -0.39 is 5.54 Å². The molecule has 6 nitrogen and oxygen atoms in total. The first-order valence-corrected chi connectivity index (χ1v) is 9.77. The molecular weight excluding hydrogens is 372 g/mol. The normalized spacial score (nSPS) is 18.3. The van der Waals surface area contributed by atoms with Gasteiger partial charge in [-0.1, -0.05) is 17.3 Å². The number of carbonyl (C=O) groups is 1. The molecule has 1 aromatic carbocycles. The maximum absolute atomic E-state index is 12.3. The van der Waals surface area contributed by atoms with Crippen LogP contribution in [0.3, 0.4) is 0 Å². The van der Waals surface area contributed by atoms with E-state index in [-0.39, 0.29) is 18.3 Å². The predicted octanol–water partition coefficient (Wildman–Crippen LogP) is 3.21. The van der Waals surface area contributed by atoms with Crippen LogP contribution in [0.25, 0.3) is 11.5 Å². The van der Waals surface area contributed by atoms with Gasteiger partial charge in [-0.2, -0.15) is 4.98 Å². The SMILES string of the molecule is Cl.NC1(c2noc(-c3ccccc3SCC(=O)N3CCCC3)n2)CCC1. The van der Waals surface area contributed by atoms with Gasteiger partial charge in [0.2, 0.25) is 5.91 Å². The summed E-state index contributed by atoms with van der Waals surface area (Å²) in [4.78, 5) is 19.7. The van der Waals surface area contributed by atoms with Crippen molar-refractivity contribution in [3.63, 3.8) is 0 Å². The van der Waals surface area contributed by atoms with Gasteiger partial charge in [-0.05, 0) is 44.2 Å². The fourth-order valence-electron chi connectivity index (χ4n) is 3.28. The molecule has 2 fully saturated rings. The maximum Gasteiger partial charge on any atom is 0.259 e. The first kappa shape index (κ1) is 19.2. The molecule has 140 valence electrons. The molecule has 0 bridgehead atoms. The number of nitrogens with two attached hydrogens (primary N) is 1. The number of halogens is 1. The van der Waals surface area contributed by atoms with Gasteiger partial charge in [0.05, 0.1) is 16.9 Å². The number of hydrogen-bond donors (Lipinski definition) is 1. The minimum absolute atomic E-state index is 0. The summed E-state index contributed by atoms with van der Waals surface area (Å²) >= 11 is 1.52. The minimum Gasteiger partial charge on any atom is -0.342 e. The van der Waals surface area contributed by atoms with E-state index in [1.165, 1.54) is 11.8 Å². The van der Waals surface area contributed by atoms with E-state index >= 15 is 0 Å². The number of thioether (sulfide) groups is 1. The van der Waals surface area contributed by atoms with Crippen molar-refractivity contribution in [2.45, 2.75) is 42.5 Å². The highest BCUT2D eigenvalue weighted by Gasteiger charge is 2.39. The van der Waals surface area contributed by atoms with Gasteiger partial charge >= 0.3 is 0 Å². The molecule has 1 saturated carbocycles. The molecule has 0 radical (unpaired) electrons. The molecule has 1 aliphatic heterocycles. The van der Waals surface area contributed by atoms with Gasteiger partial charge < -0.3 is 15.2 Å². The number of benzene rings is 1. The average Bonchev–Trinajstić information content (AvgIpc) is 3.29. The van der Waals surface area contributed by atoms with Crippen molar-refractivity contribution in [2.75, 3.05) is 18.8 Å². The second-order valence-corrected chi connectivity index (χ2v) is 7.82. The minimum atomic E-state index is -0.435. The van der Waals surface area contributed by atoms with Gasteiger partial charge in [0.1, 0.15) is 0 Å². The zero-order valence-electron chi connectivity index (χ0n) is 14.5. The summed E-state index contributed by atoms with van der Waals surface area (Å²) in [7, 11) is 0. The molecule has 2 heterocycles. The summed E-state index contributed by atoms with van der Waals surface area (Å²) < 4.78 is 5.47. The molecule has 0 unspecified atom stereocenters. The predicted molar refractivity (Wildman–Crippen MR) is 103 cm³/mol. The Kier molecular flexibility index (Phi) is 5.89. The van der Waals surface area contributed by atoms with Gasteiger partial charge in [-0.15, -0.1) is 24.2 Å². The van der Waals surface area contributed by atoms with Crippen LogP contribution in [0.5, 0.6) is 0 Å². The topological polar surface area (TPSA) is 85.2 Å². The van der Waals surface area contributed by atoms with Crippen LogP contribution in [0, 0.1) is 0 Å². The van der Waals surface area contributed by atoms with Crippen molar-refractivity contribution in [1.82, 2.24) is 15.0 Å². The summed E-state index contributed by atoms with van der Waals surface area (Å²) in [5.74, 6) is 1.68.